The summed E-state index contributed by atoms with van der Waals surface area (Å²) < 4.78 is 5.12. The van der Waals surface area contributed by atoms with Crippen LogP contribution in [-0.2, 0) is 14.4 Å². The maximum absolute atomic E-state index is 11.6. The van der Waals surface area contributed by atoms with Gasteiger partial charge in [-0.1, -0.05) is 35.5 Å². The zero-order chi connectivity index (χ0) is 14.1. The van der Waals surface area contributed by atoms with Gasteiger partial charge in [0.2, 0.25) is 0 Å². The molecule has 0 aliphatic carbocycles. The van der Waals surface area contributed by atoms with Gasteiger partial charge >= 0.3 is 5.97 Å². The molecule has 1 rings (SSSR count). The Morgan fingerprint density at radius 3 is 2.63 bits per heavy atom. The Labute approximate surface area is 112 Å². The standard InChI is InChI=1S/C14H17NO4/c1-11(12(2)18-9-8-16)14(17)19-15-10-13-6-4-3-5-7-13/h3-7,10,16H,8-9H2,1-2H3. The molecule has 102 valence electrons. The number of oxime groups is 1. The van der Waals surface area contributed by atoms with E-state index in [4.69, 9.17) is 14.7 Å². The highest BCUT2D eigenvalue weighted by Crippen LogP contribution is 2.07. The van der Waals surface area contributed by atoms with Crippen LogP contribution in [0, 0.1) is 0 Å². The molecule has 0 aliphatic rings. The van der Waals surface area contributed by atoms with Crippen molar-refractivity contribution in [2.75, 3.05) is 13.2 Å². The average molecular weight is 263 g/mol. The number of nitrogens with zero attached hydrogens (tertiary/aromatic N) is 1. The molecule has 0 radical (unpaired) electrons. The lowest BCUT2D eigenvalue weighted by atomic mass is 10.2. The summed E-state index contributed by atoms with van der Waals surface area (Å²) >= 11 is 0. The van der Waals surface area contributed by atoms with Crippen LogP contribution < -0.4 is 0 Å². The van der Waals surface area contributed by atoms with E-state index in [1.807, 2.05) is 30.3 Å². The van der Waals surface area contributed by atoms with E-state index in [2.05, 4.69) is 5.16 Å². The number of benzene rings is 1. The van der Waals surface area contributed by atoms with Crippen molar-refractivity contribution in [3.8, 4) is 0 Å². The van der Waals surface area contributed by atoms with Crippen LogP contribution in [0.5, 0.6) is 0 Å². The van der Waals surface area contributed by atoms with E-state index < -0.39 is 5.97 Å². The molecule has 0 aromatic heterocycles. The van der Waals surface area contributed by atoms with Crippen LogP contribution in [0.2, 0.25) is 0 Å². The van der Waals surface area contributed by atoms with Gasteiger partial charge in [0.05, 0.1) is 18.4 Å². The van der Waals surface area contributed by atoms with E-state index in [1.165, 1.54) is 6.21 Å². The SMILES string of the molecule is CC(OCCO)=C(C)C(=O)ON=Cc1ccccc1. The quantitative estimate of drug-likeness (QED) is 0.280. The third-order valence-electron chi connectivity index (χ3n) is 2.38. The summed E-state index contributed by atoms with van der Waals surface area (Å²) in [6.45, 7) is 3.25. The Morgan fingerprint density at radius 1 is 1.32 bits per heavy atom. The molecule has 0 atom stereocenters. The van der Waals surface area contributed by atoms with Gasteiger partial charge in [-0.3, -0.25) is 0 Å². The molecule has 1 aromatic carbocycles. The molecule has 0 spiro atoms. The maximum Gasteiger partial charge on any atom is 0.364 e. The van der Waals surface area contributed by atoms with Crippen LogP contribution in [0.25, 0.3) is 0 Å². The van der Waals surface area contributed by atoms with Crippen molar-refractivity contribution in [2.45, 2.75) is 13.8 Å². The summed E-state index contributed by atoms with van der Waals surface area (Å²) in [5.74, 6) is -0.170. The summed E-state index contributed by atoms with van der Waals surface area (Å²) in [6.07, 6.45) is 1.45. The van der Waals surface area contributed by atoms with Crippen LogP contribution in [0.15, 0.2) is 46.8 Å². The second kappa shape index (κ2) is 8.05. The number of ether oxygens (including phenoxy) is 1. The van der Waals surface area contributed by atoms with Gasteiger partial charge in [0.25, 0.3) is 0 Å². The minimum Gasteiger partial charge on any atom is -0.495 e. The van der Waals surface area contributed by atoms with Crippen molar-refractivity contribution in [3.05, 3.63) is 47.2 Å². The lowest BCUT2D eigenvalue weighted by molar-refractivity contribution is -0.139. The molecule has 5 nitrogen and oxygen atoms in total. The number of rotatable bonds is 6. The van der Waals surface area contributed by atoms with E-state index >= 15 is 0 Å². The van der Waals surface area contributed by atoms with Crippen molar-refractivity contribution >= 4 is 12.2 Å². The molecule has 0 aliphatic heterocycles. The van der Waals surface area contributed by atoms with Crippen molar-refractivity contribution in [1.82, 2.24) is 0 Å². The highest BCUT2D eigenvalue weighted by Gasteiger charge is 2.10. The fraction of sp³-hybridized carbons (Fsp3) is 0.286. The zero-order valence-electron chi connectivity index (χ0n) is 11.0. The molecule has 0 amide bonds. The topological polar surface area (TPSA) is 68.1 Å². The summed E-state index contributed by atoms with van der Waals surface area (Å²) in [5.41, 5.74) is 1.16. The molecule has 1 aromatic rings. The van der Waals surface area contributed by atoms with E-state index in [0.717, 1.165) is 5.56 Å². The number of carbonyl (C=O) groups is 1. The number of allylic oxidation sites excluding steroid dienone is 1. The minimum atomic E-state index is -0.581. The monoisotopic (exact) mass is 263 g/mol. The van der Waals surface area contributed by atoms with Crippen molar-refractivity contribution in [2.24, 2.45) is 5.16 Å². The maximum atomic E-state index is 11.6. The van der Waals surface area contributed by atoms with Crippen molar-refractivity contribution in [3.63, 3.8) is 0 Å². The Balaban J connectivity index is 2.53. The predicted molar refractivity (Wildman–Crippen MR) is 71.5 cm³/mol. The van der Waals surface area contributed by atoms with Crippen LogP contribution in [0.4, 0.5) is 0 Å². The van der Waals surface area contributed by atoms with Gasteiger partial charge in [0.1, 0.15) is 12.4 Å². The van der Waals surface area contributed by atoms with Gasteiger partial charge in [-0.15, -0.1) is 0 Å². The number of aliphatic hydroxyl groups excluding tert-OH is 1. The Kier molecular flexibility index (Phi) is 6.32. The molecule has 0 fully saturated rings. The van der Waals surface area contributed by atoms with Gasteiger partial charge < -0.3 is 14.7 Å². The average Bonchev–Trinajstić information content (AvgIpc) is 2.44. The van der Waals surface area contributed by atoms with Crippen LogP contribution in [0.1, 0.15) is 19.4 Å². The Morgan fingerprint density at radius 2 is 2.00 bits per heavy atom. The van der Waals surface area contributed by atoms with Gasteiger partial charge in [-0.05, 0) is 19.4 Å². The second-order valence-electron chi connectivity index (χ2n) is 3.78. The van der Waals surface area contributed by atoms with Gasteiger partial charge in [-0.25, -0.2) is 4.79 Å². The highest BCUT2D eigenvalue weighted by atomic mass is 16.7. The molecular weight excluding hydrogens is 246 g/mol. The molecule has 19 heavy (non-hydrogen) atoms. The number of aliphatic hydroxyl groups is 1. The van der Waals surface area contributed by atoms with Crippen LogP contribution in [0.3, 0.4) is 0 Å². The second-order valence-corrected chi connectivity index (χ2v) is 3.78. The van der Waals surface area contributed by atoms with E-state index in [-0.39, 0.29) is 13.2 Å². The van der Waals surface area contributed by atoms with Gasteiger partial charge in [-0.2, -0.15) is 0 Å². The Bertz CT molecular complexity index is 466. The predicted octanol–water partition coefficient (Wildman–Crippen LogP) is 1.87. The van der Waals surface area contributed by atoms with Gasteiger partial charge in [0.15, 0.2) is 0 Å². The summed E-state index contributed by atoms with van der Waals surface area (Å²) in [5, 5.41) is 12.2. The number of hydrogen-bond acceptors (Lipinski definition) is 5. The smallest absolute Gasteiger partial charge is 0.364 e. The van der Waals surface area contributed by atoms with Crippen LogP contribution in [-0.4, -0.2) is 30.5 Å². The minimum absolute atomic E-state index is 0.105. The molecule has 1 N–H and O–H groups in total. The molecular formula is C14H17NO4. The van der Waals surface area contributed by atoms with Gasteiger partial charge in [0, 0.05) is 0 Å². The lowest BCUT2D eigenvalue weighted by Gasteiger charge is -2.06. The largest absolute Gasteiger partial charge is 0.495 e. The third kappa shape index (κ3) is 5.35. The van der Waals surface area contributed by atoms with E-state index in [0.29, 0.717) is 11.3 Å². The third-order valence-corrected chi connectivity index (χ3v) is 2.38. The number of carbonyl (C=O) groups excluding carboxylic acids is 1. The normalized spacial score (nSPS) is 12.2. The fourth-order valence-electron chi connectivity index (χ4n) is 1.19. The number of hydrogen-bond donors (Lipinski definition) is 1. The molecule has 0 heterocycles. The van der Waals surface area contributed by atoms with E-state index in [9.17, 15) is 4.79 Å². The lowest BCUT2D eigenvalue weighted by Crippen LogP contribution is -2.07. The van der Waals surface area contributed by atoms with Crippen molar-refractivity contribution in [1.29, 1.82) is 0 Å². The summed E-state index contributed by atoms with van der Waals surface area (Å²) in [4.78, 5) is 16.3. The summed E-state index contributed by atoms with van der Waals surface area (Å²) in [7, 11) is 0. The summed E-state index contributed by atoms with van der Waals surface area (Å²) in [6, 6.07) is 9.30. The zero-order valence-corrected chi connectivity index (χ0v) is 11.0. The fourth-order valence-corrected chi connectivity index (χ4v) is 1.19. The molecule has 0 saturated heterocycles. The van der Waals surface area contributed by atoms with Crippen molar-refractivity contribution < 1.29 is 19.5 Å². The first-order valence-corrected chi connectivity index (χ1v) is 5.86. The first-order valence-electron chi connectivity index (χ1n) is 5.86. The highest BCUT2D eigenvalue weighted by molar-refractivity contribution is 5.89. The molecule has 5 heteroatoms. The van der Waals surface area contributed by atoms with Crippen LogP contribution >= 0.6 is 0 Å². The molecule has 0 unspecified atom stereocenters. The Hall–Kier alpha value is -2.14. The van der Waals surface area contributed by atoms with E-state index in [1.54, 1.807) is 13.8 Å². The molecule has 0 saturated carbocycles. The first-order chi connectivity index (χ1) is 9.15. The first kappa shape index (κ1) is 14.9. The molecule has 0 bridgehead atoms.